The number of nitrogens with zero attached hydrogens (tertiary/aromatic N) is 1. The molecule has 2 N–H and O–H groups in total. The number of pyridine rings is 1. The molecule has 7 heteroatoms. The highest BCUT2D eigenvalue weighted by Crippen LogP contribution is 2.19. The first-order valence-corrected chi connectivity index (χ1v) is 8.78. The fourth-order valence-corrected chi connectivity index (χ4v) is 3.07. The standard InChI is InChI=1S/C15H18ClN3O2S/c1-3-11(2)18-13-7-8-15(17-10-13)19-22(20,21)14-6-4-5-12(16)9-14/h4-11,18H,3H2,1-2H3,(H,17,19). The number of benzene rings is 1. The monoisotopic (exact) mass is 339 g/mol. The van der Waals surface area contributed by atoms with E-state index in [-0.39, 0.29) is 10.7 Å². The van der Waals surface area contributed by atoms with Gasteiger partial charge in [-0.1, -0.05) is 24.6 Å². The zero-order valence-electron chi connectivity index (χ0n) is 12.4. The van der Waals surface area contributed by atoms with Crippen molar-refractivity contribution >= 4 is 33.1 Å². The van der Waals surface area contributed by atoms with Gasteiger partial charge in [-0.15, -0.1) is 0 Å². The SMILES string of the molecule is CCC(C)Nc1ccc(NS(=O)(=O)c2cccc(Cl)c2)nc1. The van der Waals surface area contributed by atoms with Gasteiger partial charge in [0.1, 0.15) is 5.82 Å². The Morgan fingerprint density at radius 1 is 1.27 bits per heavy atom. The van der Waals surface area contributed by atoms with Crippen LogP contribution in [0.25, 0.3) is 0 Å². The molecule has 2 rings (SSSR count). The molecule has 0 aliphatic rings. The van der Waals surface area contributed by atoms with E-state index in [0.717, 1.165) is 12.1 Å². The summed E-state index contributed by atoms with van der Waals surface area (Å²) >= 11 is 5.82. The van der Waals surface area contributed by atoms with Crippen molar-refractivity contribution in [3.8, 4) is 0 Å². The Labute approximate surface area is 135 Å². The fourth-order valence-electron chi connectivity index (χ4n) is 1.76. The maximum atomic E-state index is 12.2. The highest BCUT2D eigenvalue weighted by atomic mass is 35.5. The number of nitrogens with one attached hydrogen (secondary N) is 2. The minimum atomic E-state index is -3.69. The number of halogens is 1. The van der Waals surface area contributed by atoms with Crippen LogP contribution in [0.2, 0.25) is 5.02 Å². The summed E-state index contributed by atoms with van der Waals surface area (Å²) in [5, 5.41) is 3.63. The van der Waals surface area contributed by atoms with Gasteiger partial charge in [-0.2, -0.15) is 0 Å². The number of hydrogen-bond acceptors (Lipinski definition) is 4. The summed E-state index contributed by atoms with van der Waals surface area (Å²) in [6.07, 6.45) is 2.59. The van der Waals surface area contributed by atoms with Crippen LogP contribution in [0, 0.1) is 0 Å². The predicted molar refractivity (Wildman–Crippen MR) is 89.9 cm³/mol. The highest BCUT2D eigenvalue weighted by Gasteiger charge is 2.15. The molecule has 1 atom stereocenters. The number of hydrogen-bond donors (Lipinski definition) is 2. The van der Waals surface area contributed by atoms with Gasteiger partial charge in [-0.25, -0.2) is 13.4 Å². The van der Waals surface area contributed by atoms with Gasteiger partial charge >= 0.3 is 0 Å². The molecule has 2 aromatic rings. The first kappa shape index (κ1) is 16.6. The summed E-state index contributed by atoms with van der Waals surface area (Å²) in [5.74, 6) is 0.259. The van der Waals surface area contributed by atoms with Crippen LogP contribution in [0.15, 0.2) is 47.5 Å². The van der Waals surface area contributed by atoms with E-state index in [2.05, 4.69) is 28.9 Å². The van der Waals surface area contributed by atoms with Crippen LogP contribution < -0.4 is 10.0 Å². The topological polar surface area (TPSA) is 71.1 Å². The lowest BCUT2D eigenvalue weighted by molar-refractivity contribution is 0.601. The van der Waals surface area contributed by atoms with Crippen molar-refractivity contribution in [1.82, 2.24) is 4.98 Å². The fraction of sp³-hybridized carbons (Fsp3) is 0.267. The van der Waals surface area contributed by atoms with Crippen LogP contribution in [-0.4, -0.2) is 19.4 Å². The van der Waals surface area contributed by atoms with Gasteiger partial charge in [0.05, 0.1) is 16.8 Å². The van der Waals surface area contributed by atoms with Gasteiger partial charge in [0.25, 0.3) is 10.0 Å². The van der Waals surface area contributed by atoms with Crippen LogP contribution in [0.3, 0.4) is 0 Å². The Morgan fingerprint density at radius 2 is 2.05 bits per heavy atom. The largest absolute Gasteiger partial charge is 0.381 e. The Kier molecular flexibility index (Phi) is 5.26. The molecule has 0 saturated heterocycles. The van der Waals surface area contributed by atoms with Crippen LogP contribution in [0.5, 0.6) is 0 Å². The van der Waals surface area contributed by atoms with E-state index < -0.39 is 10.0 Å². The number of sulfonamides is 1. The first-order chi connectivity index (χ1) is 10.4. The molecule has 0 aliphatic heterocycles. The van der Waals surface area contributed by atoms with Gasteiger partial charge in [-0.05, 0) is 43.7 Å². The molecule has 0 radical (unpaired) electrons. The van der Waals surface area contributed by atoms with Crippen LogP contribution in [0.1, 0.15) is 20.3 Å². The molecule has 0 aliphatic carbocycles. The molecular formula is C15H18ClN3O2S. The molecule has 0 saturated carbocycles. The maximum absolute atomic E-state index is 12.2. The smallest absolute Gasteiger partial charge is 0.263 e. The van der Waals surface area contributed by atoms with E-state index in [1.54, 1.807) is 30.5 Å². The number of rotatable bonds is 6. The van der Waals surface area contributed by atoms with Crippen LogP contribution in [0.4, 0.5) is 11.5 Å². The van der Waals surface area contributed by atoms with Crippen molar-refractivity contribution in [3.63, 3.8) is 0 Å². The van der Waals surface area contributed by atoms with Gasteiger partial charge in [0, 0.05) is 11.1 Å². The Bertz CT molecular complexity index is 733. The zero-order valence-corrected chi connectivity index (χ0v) is 13.9. The molecule has 1 heterocycles. The zero-order chi connectivity index (χ0) is 16.2. The lowest BCUT2D eigenvalue weighted by Gasteiger charge is -2.13. The van der Waals surface area contributed by atoms with Crippen molar-refractivity contribution in [2.45, 2.75) is 31.2 Å². The Balaban J connectivity index is 2.13. The second-order valence-corrected chi connectivity index (χ2v) is 7.07. The second-order valence-electron chi connectivity index (χ2n) is 4.95. The van der Waals surface area contributed by atoms with Crippen molar-refractivity contribution in [2.75, 3.05) is 10.0 Å². The Hall–Kier alpha value is -1.79. The van der Waals surface area contributed by atoms with Gasteiger partial charge in [0.2, 0.25) is 0 Å². The summed E-state index contributed by atoms with van der Waals surface area (Å²) < 4.78 is 26.9. The average Bonchev–Trinajstić information content (AvgIpc) is 2.49. The van der Waals surface area contributed by atoms with Crippen LogP contribution in [-0.2, 0) is 10.0 Å². The maximum Gasteiger partial charge on any atom is 0.263 e. The molecule has 0 amide bonds. The van der Waals surface area contributed by atoms with E-state index in [1.807, 2.05) is 0 Å². The van der Waals surface area contributed by atoms with E-state index in [1.165, 1.54) is 12.1 Å². The molecule has 5 nitrogen and oxygen atoms in total. The van der Waals surface area contributed by atoms with Crippen LogP contribution >= 0.6 is 11.6 Å². The molecule has 22 heavy (non-hydrogen) atoms. The average molecular weight is 340 g/mol. The molecule has 0 bridgehead atoms. The molecule has 0 spiro atoms. The summed E-state index contributed by atoms with van der Waals surface area (Å²) in [5.41, 5.74) is 0.847. The van der Waals surface area contributed by atoms with E-state index in [9.17, 15) is 8.42 Å². The van der Waals surface area contributed by atoms with Gasteiger partial charge < -0.3 is 5.32 Å². The molecule has 1 unspecified atom stereocenters. The first-order valence-electron chi connectivity index (χ1n) is 6.91. The molecule has 118 valence electrons. The van der Waals surface area contributed by atoms with Crippen molar-refractivity contribution in [1.29, 1.82) is 0 Å². The van der Waals surface area contributed by atoms with E-state index in [0.29, 0.717) is 11.1 Å². The third kappa shape index (κ3) is 4.35. The lowest BCUT2D eigenvalue weighted by atomic mass is 10.2. The summed E-state index contributed by atoms with van der Waals surface area (Å²) in [6.45, 7) is 4.15. The third-order valence-electron chi connectivity index (χ3n) is 3.13. The number of anilines is 2. The third-order valence-corrected chi connectivity index (χ3v) is 4.72. The second kappa shape index (κ2) is 6.98. The van der Waals surface area contributed by atoms with Crippen molar-refractivity contribution in [2.24, 2.45) is 0 Å². The summed E-state index contributed by atoms with van der Waals surface area (Å²) in [6, 6.07) is 9.81. The van der Waals surface area contributed by atoms with E-state index in [4.69, 9.17) is 11.6 Å². The number of aromatic nitrogens is 1. The quantitative estimate of drug-likeness (QED) is 0.840. The lowest BCUT2D eigenvalue weighted by Crippen LogP contribution is -2.15. The predicted octanol–water partition coefficient (Wildman–Crippen LogP) is 3.75. The highest BCUT2D eigenvalue weighted by molar-refractivity contribution is 7.92. The van der Waals surface area contributed by atoms with Crippen molar-refractivity contribution < 1.29 is 8.42 Å². The minimum Gasteiger partial charge on any atom is -0.381 e. The van der Waals surface area contributed by atoms with Gasteiger partial charge in [0.15, 0.2) is 0 Å². The minimum absolute atomic E-state index is 0.101. The Morgan fingerprint density at radius 3 is 2.64 bits per heavy atom. The van der Waals surface area contributed by atoms with Crippen molar-refractivity contribution in [3.05, 3.63) is 47.6 Å². The molecule has 1 aromatic carbocycles. The molecule has 0 fully saturated rings. The van der Waals surface area contributed by atoms with E-state index >= 15 is 0 Å². The molecule has 1 aromatic heterocycles. The summed E-state index contributed by atoms with van der Waals surface area (Å²) in [4.78, 5) is 4.21. The molecular weight excluding hydrogens is 322 g/mol. The van der Waals surface area contributed by atoms with Gasteiger partial charge in [-0.3, -0.25) is 4.72 Å². The summed E-state index contributed by atoms with van der Waals surface area (Å²) in [7, 11) is -3.69. The normalized spacial score (nSPS) is 12.7.